The highest BCUT2D eigenvalue weighted by Crippen LogP contribution is 2.13. The molecule has 6 heteroatoms. The van der Waals surface area contributed by atoms with Crippen LogP contribution in [0.1, 0.15) is 51.0 Å². The molecule has 1 heterocycles. The molecular weight excluding hydrogens is 304 g/mol. The van der Waals surface area contributed by atoms with E-state index in [4.69, 9.17) is 0 Å². The summed E-state index contributed by atoms with van der Waals surface area (Å²) in [5, 5.41) is 9.37. The number of carbonyl (C=O) groups is 1. The molecule has 0 aliphatic rings. The summed E-state index contributed by atoms with van der Waals surface area (Å²) in [5.41, 5.74) is 3.44. The molecule has 1 aromatic heterocycles. The quantitative estimate of drug-likeness (QED) is 0.654. The third kappa shape index (κ3) is 4.07. The van der Waals surface area contributed by atoms with Crippen molar-refractivity contribution in [2.75, 3.05) is 0 Å². The second kappa shape index (κ2) is 7.86. The van der Waals surface area contributed by atoms with Gasteiger partial charge in [-0.25, -0.2) is 10.1 Å². The summed E-state index contributed by atoms with van der Waals surface area (Å²) >= 11 is 0. The Hall–Kier alpha value is -2.50. The summed E-state index contributed by atoms with van der Waals surface area (Å²) in [7, 11) is 0. The van der Waals surface area contributed by atoms with Gasteiger partial charge in [-0.1, -0.05) is 32.0 Å². The first-order chi connectivity index (χ1) is 11.4. The van der Waals surface area contributed by atoms with E-state index in [9.17, 15) is 9.59 Å². The Labute approximate surface area is 141 Å². The minimum absolute atomic E-state index is 0.193. The Morgan fingerprint density at radius 2 is 1.96 bits per heavy atom. The number of hydrogen-bond donors (Lipinski definition) is 1. The fourth-order valence-corrected chi connectivity index (χ4v) is 2.37. The van der Waals surface area contributed by atoms with Gasteiger partial charge in [-0.15, -0.1) is 0 Å². The smallest absolute Gasteiger partial charge is 0.267 e. The van der Waals surface area contributed by atoms with Gasteiger partial charge in [0.1, 0.15) is 0 Å². The lowest BCUT2D eigenvalue weighted by Crippen LogP contribution is -2.28. The molecule has 0 atom stereocenters. The van der Waals surface area contributed by atoms with Gasteiger partial charge in [0.25, 0.3) is 11.5 Å². The van der Waals surface area contributed by atoms with Gasteiger partial charge in [-0.3, -0.25) is 9.59 Å². The highest BCUT2D eigenvalue weighted by atomic mass is 16.2. The van der Waals surface area contributed by atoms with E-state index in [0.29, 0.717) is 23.2 Å². The van der Waals surface area contributed by atoms with Crippen LogP contribution < -0.4 is 11.0 Å². The van der Waals surface area contributed by atoms with Crippen molar-refractivity contribution in [2.24, 2.45) is 11.0 Å². The van der Waals surface area contributed by atoms with E-state index in [1.165, 1.54) is 4.68 Å². The summed E-state index contributed by atoms with van der Waals surface area (Å²) in [5.74, 6) is 0.182. The van der Waals surface area contributed by atoms with E-state index < -0.39 is 5.91 Å². The van der Waals surface area contributed by atoms with Gasteiger partial charge in [0.05, 0.1) is 5.39 Å². The average molecular weight is 328 g/mol. The zero-order valence-electron chi connectivity index (χ0n) is 14.7. The summed E-state index contributed by atoms with van der Waals surface area (Å²) in [6.45, 7) is 8.41. The normalized spacial score (nSPS) is 12.0. The van der Waals surface area contributed by atoms with Crippen LogP contribution >= 0.6 is 0 Å². The van der Waals surface area contributed by atoms with Crippen LogP contribution in [-0.4, -0.2) is 21.4 Å². The standard InChI is InChI=1S/C18H24N4O2/c1-5-22-18(24)15-9-7-6-8-14(15)16(21-22)17(23)20-19-13(4)11-10-12(2)3/h6-9,12H,5,10-11H2,1-4H3,(H,20,23)/b19-13-. The second-order valence-electron chi connectivity index (χ2n) is 6.24. The molecule has 128 valence electrons. The van der Waals surface area contributed by atoms with E-state index in [1.54, 1.807) is 24.3 Å². The molecule has 1 N–H and O–H groups in total. The van der Waals surface area contributed by atoms with Crippen LogP contribution in [0.15, 0.2) is 34.2 Å². The SMILES string of the molecule is CCn1nc(C(=O)N/N=C(/C)CCC(C)C)c2ccccc2c1=O. The van der Waals surface area contributed by atoms with Gasteiger partial charge in [-0.05, 0) is 38.7 Å². The number of nitrogens with one attached hydrogen (secondary N) is 1. The van der Waals surface area contributed by atoms with Gasteiger partial charge < -0.3 is 0 Å². The van der Waals surface area contributed by atoms with Crippen LogP contribution in [0.2, 0.25) is 0 Å². The minimum atomic E-state index is -0.405. The summed E-state index contributed by atoms with van der Waals surface area (Å²) in [4.78, 5) is 24.8. The lowest BCUT2D eigenvalue weighted by Gasteiger charge is -2.09. The van der Waals surface area contributed by atoms with Crippen molar-refractivity contribution in [3.8, 4) is 0 Å². The Morgan fingerprint density at radius 3 is 2.58 bits per heavy atom. The number of hydrogen-bond acceptors (Lipinski definition) is 4. The first-order valence-corrected chi connectivity index (χ1v) is 8.27. The third-order valence-corrected chi connectivity index (χ3v) is 3.81. The molecule has 0 radical (unpaired) electrons. The fraction of sp³-hybridized carbons (Fsp3) is 0.444. The molecule has 0 spiro atoms. The number of hydrazone groups is 1. The molecule has 0 fully saturated rings. The first-order valence-electron chi connectivity index (χ1n) is 8.27. The number of aromatic nitrogens is 2. The van der Waals surface area contributed by atoms with E-state index in [0.717, 1.165) is 18.6 Å². The molecule has 0 unspecified atom stereocenters. The monoisotopic (exact) mass is 328 g/mol. The lowest BCUT2D eigenvalue weighted by molar-refractivity contribution is 0.0949. The number of nitrogens with zero attached hydrogens (tertiary/aromatic N) is 3. The Balaban J connectivity index is 2.31. The summed E-state index contributed by atoms with van der Waals surface area (Å²) in [6, 6.07) is 7.00. The Morgan fingerprint density at radius 1 is 1.29 bits per heavy atom. The Bertz CT molecular complexity index is 821. The molecule has 24 heavy (non-hydrogen) atoms. The van der Waals surface area contributed by atoms with E-state index in [2.05, 4.69) is 29.5 Å². The van der Waals surface area contributed by atoms with Gasteiger partial charge in [0.2, 0.25) is 0 Å². The van der Waals surface area contributed by atoms with Gasteiger partial charge in [0.15, 0.2) is 5.69 Å². The average Bonchev–Trinajstić information content (AvgIpc) is 2.58. The van der Waals surface area contributed by atoms with Gasteiger partial charge in [-0.2, -0.15) is 10.2 Å². The van der Waals surface area contributed by atoms with Crippen molar-refractivity contribution in [2.45, 2.75) is 47.1 Å². The summed E-state index contributed by atoms with van der Waals surface area (Å²) < 4.78 is 1.30. The number of amides is 1. The second-order valence-corrected chi connectivity index (χ2v) is 6.24. The van der Waals surface area contributed by atoms with Crippen molar-refractivity contribution in [3.05, 3.63) is 40.3 Å². The van der Waals surface area contributed by atoms with Gasteiger partial charge >= 0.3 is 0 Å². The maximum atomic E-state index is 12.5. The van der Waals surface area contributed by atoms with Crippen LogP contribution in [0.4, 0.5) is 0 Å². The van der Waals surface area contributed by atoms with Crippen LogP contribution in [0.25, 0.3) is 10.8 Å². The number of aryl methyl sites for hydroxylation is 1. The van der Waals surface area contributed by atoms with Crippen LogP contribution in [0.5, 0.6) is 0 Å². The van der Waals surface area contributed by atoms with Crippen molar-refractivity contribution in [1.29, 1.82) is 0 Å². The first kappa shape index (κ1) is 17.8. The fourth-order valence-electron chi connectivity index (χ4n) is 2.37. The number of fused-ring (bicyclic) bond motifs is 1. The predicted molar refractivity (Wildman–Crippen MR) is 96.3 cm³/mol. The predicted octanol–water partition coefficient (Wildman–Crippen LogP) is 2.96. The molecular formula is C18H24N4O2. The van der Waals surface area contributed by atoms with Crippen LogP contribution in [-0.2, 0) is 6.54 Å². The molecule has 0 bridgehead atoms. The van der Waals surface area contributed by atoms with E-state index in [1.807, 2.05) is 13.8 Å². The molecule has 0 saturated carbocycles. The minimum Gasteiger partial charge on any atom is -0.267 e. The van der Waals surface area contributed by atoms with Crippen molar-refractivity contribution in [1.82, 2.24) is 15.2 Å². The van der Waals surface area contributed by atoms with Crippen LogP contribution in [0, 0.1) is 5.92 Å². The molecule has 1 aromatic carbocycles. The molecule has 1 amide bonds. The Kier molecular flexibility index (Phi) is 5.84. The number of carbonyl (C=O) groups excluding carboxylic acids is 1. The molecule has 6 nitrogen and oxygen atoms in total. The van der Waals surface area contributed by atoms with Crippen molar-refractivity contribution >= 4 is 22.4 Å². The molecule has 0 aliphatic heterocycles. The zero-order valence-corrected chi connectivity index (χ0v) is 14.7. The highest BCUT2D eigenvalue weighted by molar-refractivity contribution is 6.05. The largest absolute Gasteiger partial charge is 0.292 e. The van der Waals surface area contributed by atoms with Crippen molar-refractivity contribution < 1.29 is 4.79 Å². The maximum Gasteiger partial charge on any atom is 0.292 e. The summed E-state index contributed by atoms with van der Waals surface area (Å²) in [6.07, 6.45) is 1.85. The number of benzene rings is 1. The molecule has 2 rings (SSSR count). The van der Waals surface area contributed by atoms with Crippen molar-refractivity contribution in [3.63, 3.8) is 0 Å². The molecule has 0 saturated heterocycles. The third-order valence-electron chi connectivity index (χ3n) is 3.81. The van der Waals surface area contributed by atoms with E-state index in [-0.39, 0.29) is 11.3 Å². The molecule has 2 aromatic rings. The van der Waals surface area contributed by atoms with Crippen LogP contribution in [0.3, 0.4) is 0 Å². The van der Waals surface area contributed by atoms with E-state index >= 15 is 0 Å². The topological polar surface area (TPSA) is 76.3 Å². The highest BCUT2D eigenvalue weighted by Gasteiger charge is 2.15. The molecule has 0 aliphatic carbocycles. The number of rotatable bonds is 6. The zero-order chi connectivity index (χ0) is 17.7. The van der Waals surface area contributed by atoms with Gasteiger partial charge in [0, 0.05) is 17.6 Å². The maximum absolute atomic E-state index is 12.5. The lowest BCUT2D eigenvalue weighted by atomic mass is 10.1.